The standard InChI is InChI=1S/C14H15N7OS/c1-3-12-16-18-14(23-12)15-11(22)8-21-19-13(17-20-21)10-6-4-9(2)5-7-10/h4-7H,3,8H2,1-2H3,(H,15,18,22). The van der Waals surface area contributed by atoms with Gasteiger partial charge in [-0.05, 0) is 18.6 Å². The zero-order chi connectivity index (χ0) is 16.2. The van der Waals surface area contributed by atoms with Crippen LogP contribution in [0.1, 0.15) is 17.5 Å². The lowest BCUT2D eigenvalue weighted by atomic mass is 10.1. The highest BCUT2D eigenvalue weighted by Gasteiger charge is 2.11. The van der Waals surface area contributed by atoms with Gasteiger partial charge in [-0.15, -0.1) is 20.4 Å². The average molecular weight is 329 g/mol. The second-order valence-electron chi connectivity index (χ2n) is 4.91. The first-order valence-electron chi connectivity index (χ1n) is 7.11. The Bertz CT molecular complexity index is 809. The summed E-state index contributed by atoms with van der Waals surface area (Å²) in [6.45, 7) is 3.97. The van der Waals surface area contributed by atoms with Crippen LogP contribution in [-0.4, -0.2) is 36.3 Å². The molecule has 1 aromatic carbocycles. The molecule has 0 aliphatic carbocycles. The molecule has 0 unspecified atom stereocenters. The van der Waals surface area contributed by atoms with Crippen molar-refractivity contribution in [3.63, 3.8) is 0 Å². The summed E-state index contributed by atoms with van der Waals surface area (Å²) in [4.78, 5) is 13.2. The summed E-state index contributed by atoms with van der Waals surface area (Å²) >= 11 is 1.36. The number of amides is 1. The summed E-state index contributed by atoms with van der Waals surface area (Å²) in [6, 6.07) is 7.79. The molecule has 9 heteroatoms. The molecule has 1 N–H and O–H groups in total. The zero-order valence-electron chi connectivity index (χ0n) is 12.7. The van der Waals surface area contributed by atoms with Crippen molar-refractivity contribution in [2.24, 2.45) is 0 Å². The number of hydrogen-bond donors (Lipinski definition) is 1. The Kier molecular flexibility index (Phi) is 4.38. The van der Waals surface area contributed by atoms with E-state index in [1.165, 1.54) is 16.1 Å². The summed E-state index contributed by atoms with van der Waals surface area (Å²) in [5.41, 5.74) is 2.02. The molecule has 3 aromatic rings. The van der Waals surface area contributed by atoms with E-state index in [-0.39, 0.29) is 12.5 Å². The minimum Gasteiger partial charge on any atom is -0.299 e. The fourth-order valence-electron chi connectivity index (χ4n) is 1.86. The summed E-state index contributed by atoms with van der Waals surface area (Å²) in [6.07, 6.45) is 0.790. The third kappa shape index (κ3) is 3.75. The number of tetrazole rings is 1. The molecule has 0 atom stereocenters. The van der Waals surface area contributed by atoms with E-state index in [1.54, 1.807) is 0 Å². The van der Waals surface area contributed by atoms with E-state index in [0.29, 0.717) is 11.0 Å². The largest absolute Gasteiger partial charge is 0.299 e. The Labute approximate surface area is 136 Å². The fourth-order valence-corrected chi connectivity index (χ4v) is 2.56. The van der Waals surface area contributed by atoms with Crippen molar-refractivity contribution in [1.29, 1.82) is 0 Å². The Morgan fingerprint density at radius 1 is 1.22 bits per heavy atom. The minimum absolute atomic E-state index is 0.0279. The van der Waals surface area contributed by atoms with E-state index in [2.05, 4.69) is 30.9 Å². The van der Waals surface area contributed by atoms with Gasteiger partial charge in [-0.25, -0.2) is 0 Å². The number of benzene rings is 1. The van der Waals surface area contributed by atoms with Crippen LogP contribution in [0.25, 0.3) is 11.4 Å². The number of aryl methyl sites for hydroxylation is 2. The Morgan fingerprint density at radius 2 is 2.00 bits per heavy atom. The van der Waals surface area contributed by atoms with Gasteiger partial charge in [0.1, 0.15) is 11.6 Å². The molecule has 0 aliphatic heterocycles. The predicted molar refractivity (Wildman–Crippen MR) is 85.9 cm³/mol. The van der Waals surface area contributed by atoms with E-state index in [0.717, 1.165) is 22.6 Å². The topological polar surface area (TPSA) is 98.5 Å². The fraction of sp³-hybridized carbons (Fsp3) is 0.286. The van der Waals surface area contributed by atoms with Crippen LogP contribution in [0.5, 0.6) is 0 Å². The van der Waals surface area contributed by atoms with Gasteiger partial charge in [-0.2, -0.15) is 4.80 Å². The Balaban J connectivity index is 1.64. The second-order valence-corrected chi connectivity index (χ2v) is 5.97. The lowest BCUT2D eigenvalue weighted by Gasteiger charge is -1.99. The monoisotopic (exact) mass is 329 g/mol. The summed E-state index contributed by atoms with van der Waals surface area (Å²) in [5, 5.41) is 24.0. The Morgan fingerprint density at radius 3 is 2.70 bits per heavy atom. The van der Waals surface area contributed by atoms with Gasteiger partial charge in [0.15, 0.2) is 0 Å². The number of carbonyl (C=O) groups excluding carboxylic acids is 1. The van der Waals surface area contributed by atoms with E-state index >= 15 is 0 Å². The van der Waals surface area contributed by atoms with Crippen LogP contribution in [0.4, 0.5) is 5.13 Å². The van der Waals surface area contributed by atoms with Gasteiger partial charge in [-0.1, -0.05) is 48.1 Å². The third-order valence-electron chi connectivity index (χ3n) is 3.06. The maximum Gasteiger partial charge on any atom is 0.249 e. The summed E-state index contributed by atoms with van der Waals surface area (Å²) in [7, 11) is 0. The van der Waals surface area contributed by atoms with Crippen molar-refractivity contribution < 1.29 is 4.79 Å². The van der Waals surface area contributed by atoms with Gasteiger partial charge >= 0.3 is 0 Å². The number of hydrogen-bond acceptors (Lipinski definition) is 7. The van der Waals surface area contributed by atoms with Gasteiger partial charge in [0.25, 0.3) is 0 Å². The van der Waals surface area contributed by atoms with Gasteiger partial charge in [0, 0.05) is 5.56 Å². The van der Waals surface area contributed by atoms with Crippen molar-refractivity contribution in [2.45, 2.75) is 26.8 Å². The quantitative estimate of drug-likeness (QED) is 0.765. The molecule has 3 rings (SSSR count). The van der Waals surface area contributed by atoms with E-state index in [4.69, 9.17) is 0 Å². The molecule has 2 aromatic heterocycles. The summed E-state index contributed by atoms with van der Waals surface area (Å²) < 4.78 is 0. The van der Waals surface area contributed by atoms with E-state index < -0.39 is 0 Å². The van der Waals surface area contributed by atoms with Crippen molar-refractivity contribution in [1.82, 2.24) is 30.4 Å². The molecule has 0 fully saturated rings. The van der Waals surface area contributed by atoms with Gasteiger partial charge in [0.05, 0.1) is 0 Å². The third-order valence-corrected chi connectivity index (χ3v) is 4.05. The molecule has 0 radical (unpaired) electrons. The van der Waals surface area contributed by atoms with Crippen LogP contribution in [-0.2, 0) is 17.8 Å². The highest BCUT2D eigenvalue weighted by atomic mass is 32.1. The number of anilines is 1. The lowest BCUT2D eigenvalue weighted by Crippen LogP contribution is -2.20. The number of rotatable bonds is 5. The number of aromatic nitrogens is 6. The molecule has 1 amide bonds. The second kappa shape index (κ2) is 6.61. The highest BCUT2D eigenvalue weighted by Crippen LogP contribution is 2.16. The van der Waals surface area contributed by atoms with E-state index in [1.807, 2.05) is 38.1 Å². The first kappa shape index (κ1) is 15.2. The van der Waals surface area contributed by atoms with Crippen molar-refractivity contribution in [2.75, 3.05) is 5.32 Å². The maximum atomic E-state index is 12.0. The molecule has 0 saturated carbocycles. The van der Waals surface area contributed by atoms with Crippen LogP contribution in [0.2, 0.25) is 0 Å². The highest BCUT2D eigenvalue weighted by molar-refractivity contribution is 7.15. The van der Waals surface area contributed by atoms with Gasteiger partial charge in [0.2, 0.25) is 16.9 Å². The van der Waals surface area contributed by atoms with Crippen LogP contribution in [0.15, 0.2) is 24.3 Å². The molecule has 23 heavy (non-hydrogen) atoms. The molecular weight excluding hydrogens is 314 g/mol. The summed E-state index contributed by atoms with van der Waals surface area (Å²) in [5.74, 6) is 0.221. The number of carbonyl (C=O) groups is 1. The van der Waals surface area contributed by atoms with Crippen LogP contribution < -0.4 is 5.32 Å². The van der Waals surface area contributed by atoms with Gasteiger partial charge in [-0.3, -0.25) is 10.1 Å². The van der Waals surface area contributed by atoms with Gasteiger partial charge < -0.3 is 0 Å². The first-order chi connectivity index (χ1) is 11.1. The van der Waals surface area contributed by atoms with Crippen LogP contribution >= 0.6 is 11.3 Å². The average Bonchev–Trinajstić information content (AvgIpc) is 3.17. The smallest absolute Gasteiger partial charge is 0.249 e. The van der Waals surface area contributed by atoms with Crippen molar-refractivity contribution in [3.05, 3.63) is 34.8 Å². The predicted octanol–water partition coefficient (Wildman–Crippen LogP) is 1.70. The Hall–Kier alpha value is -2.68. The molecule has 0 spiro atoms. The maximum absolute atomic E-state index is 12.0. The number of nitrogens with one attached hydrogen (secondary N) is 1. The minimum atomic E-state index is -0.267. The SMILES string of the molecule is CCc1nnc(NC(=O)Cn2nnc(-c3ccc(C)cc3)n2)s1. The molecule has 8 nitrogen and oxygen atoms in total. The first-order valence-corrected chi connectivity index (χ1v) is 7.93. The number of nitrogens with zero attached hydrogens (tertiary/aromatic N) is 6. The van der Waals surface area contributed by atoms with Crippen LogP contribution in [0, 0.1) is 6.92 Å². The van der Waals surface area contributed by atoms with Crippen LogP contribution in [0.3, 0.4) is 0 Å². The molecule has 0 aliphatic rings. The molecular formula is C14H15N7OS. The molecule has 118 valence electrons. The molecule has 0 saturated heterocycles. The van der Waals surface area contributed by atoms with E-state index in [9.17, 15) is 4.79 Å². The normalized spacial score (nSPS) is 10.7. The van der Waals surface area contributed by atoms with Crippen molar-refractivity contribution >= 4 is 22.4 Å². The zero-order valence-corrected chi connectivity index (χ0v) is 13.5. The lowest BCUT2D eigenvalue weighted by molar-refractivity contribution is -0.117. The molecule has 2 heterocycles. The van der Waals surface area contributed by atoms with Crippen molar-refractivity contribution in [3.8, 4) is 11.4 Å². The molecule has 0 bridgehead atoms.